The maximum Gasteiger partial charge on any atom is 0.303 e. The van der Waals surface area contributed by atoms with Gasteiger partial charge >= 0.3 is 5.97 Å². The van der Waals surface area contributed by atoms with Gasteiger partial charge in [0.1, 0.15) is 0 Å². The minimum Gasteiger partial charge on any atom is -0.481 e. The highest BCUT2D eigenvalue weighted by Gasteiger charge is 1.99. The molecule has 0 saturated heterocycles. The lowest BCUT2D eigenvalue weighted by Gasteiger charge is -2.07. The molecule has 0 amide bonds. The first-order valence-corrected chi connectivity index (χ1v) is 8.03. The fourth-order valence-electron chi connectivity index (χ4n) is 2.20. The number of aliphatic carboxylic acids is 1. The average molecular weight is 268 g/mol. The van der Waals surface area contributed by atoms with Crippen LogP contribution in [0, 0.1) is 5.92 Å². The molecule has 1 unspecified atom stereocenters. The number of unbranched alkanes of at least 4 members (excludes halogenated alkanes) is 6. The lowest BCUT2D eigenvalue weighted by molar-refractivity contribution is -0.137. The van der Waals surface area contributed by atoms with Gasteiger partial charge in [0, 0.05) is 6.42 Å². The summed E-state index contributed by atoms with van der Waals surface area (Å²) in [6.07, 6.45) is 17.0. The molecule has 0 fully saturated rings. The lowest BCUT2D eigenvalue weighted by Crippen LogP contribution is -1.93. The molecule has 0 aliphatic carbocycles. The number of hydrogen-bond donors (Lipinski definition) is 1. The number of rotatable bonds is 13. The van der Waals surface area contributed by atoms with Crippen molar-refractivity contribution in [3.63, 3.8) is 0 Å². The van der Waals surface area contributed by atoms with E-state index >= 15 is 0 Å². The summed E-state index contributed by atoms with van der Waals surface area (Å²) < 4.78 is 0. The van der Waals surface area contributed by atoms with Gasteiger partial charge in [-0.1, -0.05) is 64.5 Å². The second-order valence-corrected chi connectivity index (χ2v) is 5.65. The third-order valence-electron chi connectivity index (χ3n) is 3.52. The van der Waals surface area contributed by atoms with Crippen LogP contribution in [-0.2, 0) is 4.79 Å². The molecule has 19 heavy (non-hydrogen) atoms. The molecule has 0 heterocycles. The molecule has 0 aliphatic rings. The molecule has 112 valence electrons. The van der Waals surface area contributed by atoms with Crippen LogP contribution in [0.2, 0.25) is 0 Å². The first-order valence-electron chi connectivity index (χ1n) is 8.03. The third-order valence-corrected chi connectivity index (χ3v) is 3.52. The molecule has 0 aromatic carbocycles. The summed E-state index contributed by atoms with van der Waals surface area (Å²) in [5, 5.41) is 8.51. The Labute approximate surface area is 119 Å². The van der Waals surface area contributed by atoms with E-state index in [0.29, 0.717) is 6.42 Å². The summed E-state index contributed by atoms with van der Waals surface area (Å²) in [5.74, 6) is 0.132. The summed E-state index contributed by atoms with van der Waals surface area (Å²) in [4.78, 5) is 10.3. The van der Waals surface area contributed by atoms with Gasteiger partial charge in [0.25, 0.3) is 0 Å². The fourth-order valence-corrected chi connectivity index (χ4v) is 2.20. The molecule has 0 radical (unpaired) electrons. The predicted octanol–water partition coefficient (Wildman–Crippen LogP) is 5.57. The van der Waals surface area contributed by atoms with Gasteiger partial charge in [-0.2, -0.15) is 0 Å². The Hall–Kier alpha value is -0.790. The lowest BCUT2D eigenvalue weighted by atomic mass is 9.99. The summed E-state index contributed by atoms with van der Waals surface area (Å²) in [6, 6.07) is 0. The van der Waals surface area contributed by atoms with Gasteiger partial charge in [0.2, 0.25) is 0 Å². The highest BCUT2D eigenvalue weighted by Crippen LogP contribution is 2.14. The van der Waals surface area contributed by atoms with Crippen LogP contribution in [0.15, 0.2) is 12.2 Å². The molecule has 0 aromatic heterocycles. The Bertz CT molecular complexity index is 233. The number of carboxylic acids is 1. The highest BCUT2D eigenvalue weighted by molar-refractivity contribution is 5.66. The molecule has 1 atom stereocenters. The minimum absolute atomic E-state index is 0.318. The van der Waals surface area contributed by atoms with E-state index in [4.69, 9.17) is 5.11 Å². The van der Waals surface area contributed by atoms with Crippen molar-refractivity contribution in [1.82, 2.24) is 0 Å². The largest absolute Gasteiger partial charge is 0.481 e. The van der Waals surface area contributed by atoms with Crippen molar-refractivity contribution in [1.29, 1.82) is 0 Å². The zero-order valence-corrected chi connectivity index (χ0v) is 12.9. The zero-order chi connectivity index (χ0) is 14.3. The molecule has 2 nitrogen and oxygen atoms in total. The standard InChI is InChI=1S/C17H32O2/c1-3-4-5-10-13-16(2)14-11-8-6-7-9-12-15-17(18)19/h8,11,16H,3-7,9-10,12-15H2,1-2H3,(H,18,19)/b11-8-. The molecular formula is C17H32O2. The number of allylic oxidation sites excluding steroid dienone is 2. The van der Waals surface area contributed by atoms with Gasteiger partial charge < -0.3 is 5.11 Å². The Balaban J connectivity index is 3.29. The second-order valence-electron chi connectivity index (χ2n) is 5.65. The summed E-state index contributed by atoms with van der Waals surface area (Å²) in [6.45, 7) is 4.59. The summed E-state index contributed by atoms with van der Waals surface area (Å²) >= 11 is 0. The number of carbonyl (C=O) groups is 1. The fraction of sp³-hybridized carbons (Fsp3) is 0.824. The average Bonchev–Trinajstić information content (AvgIpc) is 2.37. The first kappa shape index (κ1) is 18.2. The van der Waals surface area contributed by atoms with Crippen LogP contribution in [0.1, 0.15) is 84.5 Å². The van der Waals surface area contributed by atoms with E-state index in [1.807, 2.05) is 0 Å². The van der Waals surface area contributed by atoms with Crippen LogP contribution in [0.25, 0.3) is 0 Å². The van der Waals surface area contributed by atoms with Crippen LogP contribution in [0.5, 0.6) is 0 Å². The SMILES string of the molecule is CCCCCCC(C)C/C=C\CCCCCC(=O)O. The van der Waals surface area contributed by atoms with Crippen molar-refractivity contribution < 1.29 is 9.90 Å². The molecule has 0 bridgehead atoms. The van der Waals surface area contributed by atoms with E-state index in [2.05, 4.69) is 26.0 Å². The first-order chi connectivity index (χ1) is 9.16. The smallest absolute Gasteiger partial charge is 0.303 e. The van der Waals surface area contributed by atoms with Gasteiger partial charge in [-0.25, -0.2) is 0 Å². The normalized spacial score (nSPS) is 12.9. The minimum atomic E-state index is -0.674. The van der Waals surface area contributed by atoms with Gasteiger partial charge in [0.05, 0.1) is 0 Å². The number of hydrogen-bond acceptors (Lipinski definition) is 1. The number of carboxylic acid groups (broad SMARTS) is 1. The molecule has 0 aromatic rings. The molecule has 1 N–H and O–H groups in total. The zero-order valence-electron chi connectivity index (χ0n) is 12.9. The van der Waals surface area contributed by atoms with Gasteiger partial charge in [0.15, 0.2) is 0 Å². The van der Waals surface area contributed by atoms with Crippen molar-refractivity contribution in [2.75, 3.05) is 0 Å². The van der Waals surface area contributed by atoms with Crippen LogP contribution in [-0.4, -0.2) is 11.1 Å². The van der Waals surface area contributed by atoms with Crippen molar-refractivity contribution in [2.24, 2.45) is 5.92 Å². The van der Waals surface area contributed by atoms with Gasteiger partial charge in [-0.15, -0.1) is 0 Å². The Morgan fingerprint density at radius 1 is 1.05 bits per heavy atom. The van der Waals surface area contributed by atoms with E-state index in [1.54, 1.807) is 0 Å². The van der Waals surface area contributed by atoms with Crippen molar-refractivity contribution in [2.45, 2.75) is 84.5 Å². The molecule has 0 aliphatic heterocycles. The van der Waals surface area contributed by atoms with Crippen molar-refractivity contribution in [3.05, 3.63) is 12.2 Å². The summed E-state index contributed by atoms with van der Waals surface area (Å²) in [7, 11) is 0. The highest BCUT2D eigenvalue weighted by atomic mass is 16.4. The van der Waals surface area contributed by atoms with E-state index in [9.17, 15) is 4.79 Å². The Morgan fingerprint density at radius 3 is 2.47 bits per heavy atom. The summed E-state index contributed by atoms with van der Waals surface area (Å²) in [5.41, 5.74) is 0. The maximum atomic E-state index is 10.3. The third kappa shape index (κ3) is 15.2. The Morgan fingerprint density at radius 2 is 1.79 bits per heavy atom. The van der Waals surface area contributed by atoms with Gasteiger partial charge in [-0.3, -0.25) is 4.79 Å². The van der Waals surface area contributed by atoms with Crippen LogP contribution >= 0.6 is 0 Å². The van der Waals surface area contributed by atoms with Crippen molar-refractivity contribution in [3.8, 4) is 0 Å². The van der Waals surface area contributed by atoms with Gasteiger partial charge in [-0.05, 0) is 31.6 Å². The molecule has 0 spiro atoms. The molecule has 0 saturated carbocycles. The van der Waals surface area contributed by atoms with Crippen LogP contribution in [0.3, 0.4) is 0 Å². The maximum absolute atomic E-state index is 10.3. The van der Waals surface area contributed by atoms with E-state index in [-0.39, 0.29) is 0 Å². The second kappa shape index (κ2) is 13.6. The van der Waals surface area contributed by atoms with Crippen LogP contribution < -0.4 is 0 Å². The predicted molar refractivity (Wildman–Crippen MR) is 82.4 cm³/mol. The monoisotopic (exact) mass is 268 g/mol. The topological polar surface area (TPSA) is 37.3 Å². The van der Waals surface area contributed by atoms with E-state index in [0.717, 1.165) is 31.6 Å². The molecule has 2 heteroatoms. The van der Waals surface area contributed by atoms with Crippen molar-refractivity contribution >= 4 is 5.97 Å². The van der Waals surface area contributed by atoms with E-state index < -0.39 is 5.97 Å². The van der Waals surface area contributed by atoms with E-state index in [1.165, 1.54) is 38.5 Å². The molecule has 0 rings (SSSR count). The van der Waals surface area contributed by atoms with Crippen LogP contribution in [0.4, 0.5) is 0 Å². The quantitative estimate of drug-likeness (QED) is 0.350. The molecular weight excluding hydrogens is 236 g/mol. The Kier molecular flexibility index (Phi) is 13.1.